The van der Waals surface area contributed by atoms with Crippen LogP contribution in [-0.4, -0.2) is 0 Å². The molecule has 0 fully saturated rings. The van der Waals surface area contributed by atoms with Crippen molar-refractivity contribution in [1.29, 1.82) is 0 Å². The van der Waals surface area contributed by atoms with E-state index in [9.17, 15) is 0 Å². The van der Waals surface area contributed by atoms with Crippen LogP contribution in [0.25, 0.3) is 110 Å². The summed E-state index contributed by atoms with van der Waals surface area (Å²) in [5.41, 5.74) is 13.7. The van der Waals surface area contributed by atoms with E-state index < -0.39 is 0 Å². The van der Waals surface area contributed by atoms with Gasteiger partial charge in [-0.3, -0.25) is 0 Å². The maximum absolute atomic E-state index is 6.90. The van der Waals surface area contributed by atoms with Gasteiger partial charge in [-0.2, -0.15) is 0 Å². The van der Waals surface area contributed by atoms with Gasteiger partial charge in [0.05, 0.1) is 0 Å². The number of furan rings is 2. The van der Waals surface area contributed by atoms with Crippen molar-refractivity contribution in [2.45, 2.75) is 19.3 Å². The fourth-order valence-corrected chi connectivity index (χ4v) is 9.67. The van der Waals surface area contributed by atoms with Gasteiger partial charge in [-0.25, -0.2) is 0 Å². The summed E-state index contributed by atoms with van der Waals surface area (Å²) >= 11 is 0. The van der Waals surface area contributed by atoms with E-state index in [0.717, 1.165) is 60.2 Å². The molecule has 2 heteroatoms. The van der Waals surface area contributed by atoms with E-state index in [1.807, 2.05) is 6.07 Å². The summed E-state index contributed by atoms with van der Waals surface area (Å²) in [6.45, 7) is 4.69. The molecule has 9 aromatic carbocycles. The number of benzene rings is 9. The topological polar surface area (TPSA) is 26.3 Å². The van der Waals surface area contributed by atoms with E-state index in [0.29, 0.717) is 0 Å². The first kappa shape index (κ1) is 29.0. The second kappa shape index (κ2) is 10.2. The average Bonchev–Trinajstić information content (AvgIpc) is 3.85. The van der Waals surface area contributed by atoms with Crippen LogP contribution in [-0.2, 0) is 5.41 Å². The van der Waals surface area contributed by atoms with Gasteiger partial charge < -0.3 is 8.83 Å². The first-order chi connectivity index (χ1) is 26.1. The zero-order chi connectivity index (χ0) is 35.0. The third kappa shape index (κ3) is 3.77. The van der Waals surface area contributed by atoms with Crippen LogP contribution in [0.4, 0.5) is 0 Å². The molecule has 0 bridgehead atoms. The van der Waals surface area contributed by atoms with E-state index in [2.05, 4.69) is 166 Å². The van der Waals surface area contributed by atoms with Crippen molar-refractivity contribution in [2.75, 3.05) is 0 Å². The monoisotopic (exact) mass is 676 g/mol. The van der Waals surface area contributed by atoms with E-state index in [-0.39, 0.29) is 5.41 Å². The highest BCUT2D eigenvalue weighted by Gasteiger charge is 2.35. The Balaban J connectivity index is 1.23. The normalized spacial score (nSPS) is 13.6. The Labute approximate surface area is 305 Å². The third-order valence-electron chi connectivity index (χ3n) is 12.1. The fourth-order valence-electron chi connectivity index (χ4n) is 9.67. The molecule has 0 atom stereocenters. The van der Waals surface area contributed by atoms with Crippen molar-refractivity contribution in [2.24, 2.45) is 0 Å². The van der Waals surface area contributed by atoms with Crippen LogP contribution in [0.5, 0.6) is 0 Å². The lowest BCUT2D eigenvalue weighted by Gasteiger charge is -2.22. The Morgan fingerprint density at radius 3 is 1.64 bits per heavy atom. The molecule has 0 unspecified atom stereocenters. The van der Waals surface area contributed by atoms with E-state index in [4.69, 9.17) is 8.83 Å². The highest BCUT2D eigenvalue weighted by Crippen LogP contribution is 2.52. The molecule has 53 heavy (non-hydrogen) atoms. The summed E-state index contributed by atoms with van der Waals surface area (Å²) in [7, 11) is 0. The lowest BCUT2D eigenvalue weighted by Crippen LogP contribution is -2.14. The number of hydrogen-bond donors (Lipinski definition) is 0. The summed E-state index contributed by atoms with van der Waals surface area (Å²) in [5.74, 6) is 0. The first-order valence-electron chi connectivity index (χ1n) is 18.4. The van der Waals surface area contributed by atoms with Gasteiger partial charge in [-0.05, 0) is 90.6 Å². The number of para-hydroxylation sites is 2. The van der Waals surface area contributed by atoms with Crippen LogP contribution in [0.15, 0.2) is 167 Å². The summed E-state index contributed by atoms with van der Waals surface area (Å²) in [6, 6.07) is 57.4. The third-order valence-corrected chi connectivity index (χ3v) is 12.1. The maximum Gasteiger partial charge on any atom is 0.143 e. The Hall–Kier alpha value is -6.64. The second-order valence-corrected chi connectivity index (χ2v) is 15.1. The molecule has 0 radical (unpaired) electrons. The van der Waals surface area contributed by atoms with Gasteiger partial charge in [0.2, 0.25) is 0 Å². The maximum atomic E-state index is 6.90. The molecule has 12 rings (SSSR count). The molecule has 2 aromatic heterocycles. The smallest absolute Gasteiger partial charge is 0.143 e. The van der Waals surface area contributed by atoms with Crippen LogP contribution < -0.4 is 0 Å². The largest absolute Gasteiger partial charge is 0.455 e. The molecule has 248 valence electrons. The molecular weight excluding hydrogens is 645 g/mol. The summed E-state index contributed by atoms with van der Waals surface area (Å²) in [4.78, 5) is 0. The van der Waals surface area contributed by atoms with Crippen molar-refractivity contribution in [3.05, 3.63) is 169 Å². The molecule has 0 aliphatic heterocycles. The van der Waals surface area contributed by atoms with E-state index >= 15 is 0 Å². The van der Waals surface area contributed by atoms with Gasteiger partial charge in [0.15, 0.2) is 0 Å². The Morgan fingerprint density at radius 1 is 0.358 bits per heavy atom. The summed E-state index contributed by atoms with van der Waals surface area (Å²) in [5, 5.41) is 11.5. The molecule has 0 saturated heterocycles. The zero-order valence-corrected chi connectivity index (χ0v) is 29.3. The Morgan fingerprint density at radius 2 is 0.906 bits per heavy atom. The van der Waals surface area contributed by atoms with Crippen molar-refractivity contribution in [3.63, 3.8) is 0 Å². The summed E-state index contributed by atoms with van der Waals surface area (Å²) in [6.07, 6.45) is 0. The molecule has 1 aliphatic rings. The lowest BCUT2D eigenvalue weighted by atomic mass is 9.81. The molecule has 0 N–H and O–H groups in total. The van der Waals surface area contributed by atoms with Crippen LogP contribution >= 0.6 is 0 Å². The van der Waals surface area contributed by atoms with Crippen molar-refractivity contribution < 1.29 is 8.83 Å². The SMILES string of the molecule is CC1(C)c2ccccc2-c2cc(-c3c4ccccc4c(-c4cc5c(ccc6c7ccccc7oc65)c5c4oc4ccccc45)c4ccccc34)ccc21. The number of rotatable bonds is 2. The lowest BCUT2D eigenvalue weighted by molar-refractivity contribution is 0.660. The van der Waals surface area contributed by atoms with Gasteiger partial charge in [0.25, 0.3) is 0 Å². The highest BCUT2D eigenvalue weighted by atomic mass is 16.3. The highest BCUT2D eigenvalue weighted by molar-refractivity contribution is 6.31. The average molecular weight is 677 g/mol. The quantitative estimate of drug-likeness (QED) is 0.170. The van der Waals surface area contributed by atoms with Gasteiger partial charge in [-0.1, -0.05) is 141 Å². The Bertz CT molecular complexity index is 3310. The molecule has 0 amide bonds. The summed E-state index contributed by atoms with van der Waals surface area (Å²) < 4.78 is 13.6. The van der Waals surface area contributed by atoms with Crippen molar-refractivity contribution in [1.82, 2.24) is 0 Å². The van der Waals surface area contributed by atoms with Crippen LogP contribution in [0.3, 0.4) is 0 Å². The minimum atomic E-state index is -0.0439. The van der Waals surface area contributed by atoms with Crippen LogP contribution in [0.1, 0.15) is 25.0 Å². The van der Waals surface area contributed by atoms with Crippen LogP contribution in [0.2, 0.25) is 0 Å². The van der Waals surface area contributed by atoms with Gasteiger partial charge in [0, 0.05) is 43.5 Å². The Kier molecular flexibility index (Phi) is 5.60. The molecule has 1 aliphatic carbocycles. The molecule has 2 heterocycles. The zero-order valence-electron chi connectivity index (χ0n) is 29.3. The van der Waals surface area contributed by atoms with Gasteiger partial charge in [-0.15, -0.1) is 0 Å². The number of hydrogen-bond acceptors (Lipinski definition) is 2. The first-order valence-corrected chi connectivity index (χ1v) is 18.4. The molecular formula is C51H32O2. The minimum absolute atomic E-state index is 0.0439. The molecule has 2 nitrogen and oxygen atoms in total. The van der Waals surface area contributed by atoms with Gasteiger partial charge >= 0.3 is 0 Å². The van der Waals surface area contributed by atoms with Crippen LogP contribution in [0, 0.1) is 0 Å². The second-order valence-electron chi connectivity index (χ2n) is 15.1. The predicted octanol–water partition coefficient (Wildman–Crippen LogP) is 14.6. The minimum Gasteiger partial charge on any atom is -0.455 e. The van der Waals surface area contributed by atoms with E-state index in [1.54, 1.807) is 0 Å². The fraction of sp³-hybridized carbons (Fsp3) is 0.0588. The number of fused-ring (bicyclic) bond motifs is 14. The molecule has 0 spiro atoms. The van der Waals surface area contributed by atoms with E-state index in [1.165, 1.54) is 60.5 Å². The molecule has 0 saturated carbocycles. The molecule has 11 aromatic rings. The van der Waals surface area contributed by atoms with Gasteiger partial charge in [0.1, 0.15) is 22.3 Å². The standard InChI is InChI=1S/C51H32O2/c1-51(2)42-20-10-7-13-30(42)39-27-29(23-26-43(39)51)46-32-15-3-5-17-34(32)47(35-18-6-4-16-33(35)46)41-28-40-36(48-38-19-9-12-22-45(38)53-50(41)48)24-25-37-31-14-8-11-21-44(31)52-49(37)40/h3-28H,1-2H3. The predicted molar refractivity (Wildman–Crippen MR) is 222 cm³/mol. The van der Waals surface area contributed by atoms with Crippen molar-refractivity contribution >= 4 is 76.2 Å². The van der Waals surface area contributed by atoms with Crippen molar-refractivity contribution in [3.8, 4) is 33.4 Å².